The molecule has 0 amide bonds. The molecule has 0 fully saturated rings. The second kappa shape index (κ2) is 7.58. The largest absolute Gasteiger partial charge is 0.374 e. The molecular weight excluding hydrogens is 338 g/mol. The molecule has 138 valence electrons. The van der Waals surface area contributed by atoms with Crippen LogP contribution in [0.2, 0.25) is 0 Å². The van der Waals surface area contributed by atoms with E-state index in [4.69, 9.17) is 4.74 Å². The topological polar surface area (TPSA) is 73.2 Å². The molecule has 6 nitrogen and oxygen atoms in total. The number of aromatic nitrogens is 2. The molecule has 0 bridgehead atoms. The lowest BCUT2D eigenvalue weighted by atomic mass is 10.2. The minimum absolute atomic E-state index is 0.0885. The van der Waals surface area contributed by atoms with Gasteiger partial charge in [-0.2, -0.15) is 5.10 Å². The summed E-state index contributed by atoms with van der Waals surface area (Å²) in [6.45, 7) is 12.0. The van der Waals surface area contributed by atoms with Gasteiger partial charge in [0.2, 0.25) is 0 Å². The van der Waals surface area contributed by atoms with Crippen molar-refractivity contribution in [2.45, 2.75) is 65.2 Å². The SMILES string of the molecule is Cc1nn(C(C)C)c(C)c1NS(=O)(=O)c1cccc(COC(C)C)c1. The van der Waals surface area contributed by atoms with Crippen molar-refractivity contribution in [1.29, 1.82) is 0 Å². The van der Waals surface area contributed by atoms with E-state index >= 15 is 0 Å². The van der Waals surface area contributed by atoms with E-state index in [1.807, 2.05) is 45.4 Å². The number of anilines is 1. The van der Waals surface area contributed by atoms with E-state index in [2.05, 4.69) is 9.82 Å². The Morgan fingerprint density at radius 2 is 1.88 bits per heavy atom. The van der Waals surface area contributed by atoms with E-state index in [1.165, 1.54) is 0 Å². The van der Waals surface area contributed by atoms with Crippen LogP contribution in [0.1, 0.15) is 50.7 Å². The maximum absolute atomic E-state index is 12.8. The van der Waals surface area contributed by atoms with Gasteiger partial charge < -0.3 is 4.74 Å². The molecule has 0 aliphatic carbocycles. The smallest absolute Gasteiger partial charge is 0.262 e. The van der Waals surface area contributed by atoms with Crippen LogP contribution in [0, 0.1) is 13.8 Å². The number of nitrogens with one attached hydrogen (secondary N) is 1. The summed E-state index contributed by atoms with van der Waals surface area (Å²) in [7, 11) is -3.69. The lowest BCUT2D eigenvalue weighted by Gasteiger charge is -2.12. The Kier molecular flexibility index (Phi) is 5.90. The zero-order valence-corrected chi connectivity index (χ0v) is 16.5. The third-order valence-electron chi connectivity index (χ3n) is 3.84. The van der Waals surface area contributed by atoms with E-state index in [-0.39, 0.29) is 17.0 Å². The first kappa shape index (κ1) is 19.5. The number of ether oxygens (including phenoxy) is 1. The summed E-state index contributed by atoms with van der Waals surface area (Å²) in [6.07, 6.45) is 0.0885. The number of rotatable bonds is 7. The summed E-state index contributed by atoms with van der Waals surface area (Å²) in [5.74, 6) is 0. The number of nitrogens with zero attached hydrogens (tertiary/aromatic N) is 2. The summed E-state index contributed by atoms with van der Waals surface area (Å²) < 4.78 is 35.6. The highest BCUT2D eigenvalue weighted by Crippen LogP contribution is 2.25. The van der Waals surface area contributed by atoms with E-state index in [0.717, 1.165) is 11.3 Å². The fraction of sp³-hybridized carbons (Fsp3) is 0.500. The van der Waals surface area contributed by atoms with Crippen LogP contribution in [-0.4, -0.2) is 24.3 Å². The van der Waals surface area contributed by atoms with Gasteiger partial charge in [0.05, 0.1) is 34.7 Å². The molecule has 1 aromatic carbocycles. The van der Waals surface area contributed by atoms with Crippen LogP contribution in [0.25, 0.3) is 0 Å². The molecule has 2 aromatic rings. The predicted molar refractivity (Wildman–Crippen MR) is 99.3 cm³/mol. The van der Waals surface area contributed by atoms with Gasteiger partial charge >= 0.3 is 0 Å². The molecule has 1 N–H and O–H groups in total. The third kappa shape index (κ3) is 4.61. The highest BCUT2D eigenvalue weighted by Gasteiger charge is 2.21. The minimum Gasteiger partial charge on any atom is -0.374 e. The number of aryl methyl sites for hydroxylation is 1. The van der Waals surface area contributed by atoms with Crippen molar-refractivity contribution in [3.8, 4) is 0 Å². The molecule has 0 saturated carbocycles. The molecule has 2 rings (SSSR count). The van der Waals surface area contributed by atoms with Crippen molar-refractivity contribution in [1.82, 2.24) is 9.78 Å². The molecule has 0 aliphatic heterocycles. The second-order valence-electron chi connectivity index (χ2n) is 6.70. The van der Waals surface area contributed by atoms with Crippen molar-refractivity contribution in [3.63, 3.8) is 0 Å². The Hall–Kier alpha value is -1.86. The number of benzene rings is 1. The van der Waals surface area contributed by atoms with Crippen molar-refractivity contribution >= 4 is 15.7 Å². The number of sulfonamides is 1. The fourth-order valence-corrected chi connectivity index (χ4v) is 3.82. The zero-order valence-electron chi connectivity index (χ0n) is 15.7. The van der Waals surface area contributed by atoms with Crippen LogP contribution in [-0.2, 0) is 21.4 Å². The van der Waals surface area contributed by atoms with Gasteiger partial charge in [0.1, 0.15) is 0 Å². The first-order valence-electron chi connectivity index (χ1n) is 8.41. The molecule has 7 heteroatoms. The van der Waals surface area contributed by atoms with Crippen LogP contribution in [0.5, 0.6) is 0 Å². The zero-order chi connectivity index (χ0) is 18.8. The van der Waals surface area contributed by atoms with Crippen LogP contribution in [0.15, 0.2) is 29.2 Å². The van der Waals surface area contributed by atoms with Gasteiger partial charge in [-0.25, -0.2) is 8.42 Å². The van der Waals surface area contributed by atoms with Gasteiger partial charge in [-0.3, -0.25) is 9.40 Å². The quantitative estimate of drug-likeness (QED) is 0.810. The van der Waals surface area contributed by atoms with Gasteiger partial charge in [-0.15, -0.1) is 0 Å². The number of hydrogen-bond acceptors (Lipinski definition) is 4. The molecule has 0 spiro atoms. The number of hydrogen-bond donors (Lipinski definition) is 1. The molecule has 0 radical (unpaired) electrons. The Bertz CT molecular complexity index is 839. The molecule has 0 atom stereocenters. The third-order valence-corrected chi connectivity index (χ3v) is 5.19. The van der Waals surface area contributed by atoms with Gasteiger partial charge in [-0.05, 0) is 59.2 Å². The Labute approximate surface area is 150 Å². The maximum atomic E-state index is 12.8. The maximum Gasteiger partial charge on any atom is 0.262 e. The van der Waals surface area contributed by atoms with Crippen LogP contribution < -0.4 is 4.72 Å². The van der Waals surface area contributed by atoms with Gasteiger partial charge in [0.15, 0.2) is 0 Å². The average Bonchev–Trinajstić information content (AvgIpc) is 2.81. The van der Waals surface area contributed by atoms with E-state index < -0.39 is 10.0 Å². The molecule has 0 saturated heterocycles. The van der Waals surface area contributed by atoms with Crippen molar-refractivity contribution in [2.24, 2.45) is 0 Å². The van der Waals surface area contributed by atoms with Gasteiger partial charge in [-0.1, -0.05) is 12.1 Å². The van der Waals surface area contributed by atoms with E-state index in [0.29, 0.717) is 18.0 Å². The standard InChI is InChI=1S/C18H27N3O3S/c1-12(2)21-15(6)18(14(5)19-21)20-25(22,23)17-9-7-8-16(10-17)11-24-13(3)4/h7-10,12-13,20H,11H2,1-6H3. The summed E-state index contributed by atoms with van der Waals surface area (Å²) in [4.78, 5) is 0.216. The van der Waals surface area contributed by atoms with Crippen molar-refractivity contribution in [2.75, 3.05) is 4.72 Å². The van der Waals surface area contributed by atoms with Crippen molar-refractivity contribution < 1.29 is 13.2 Å². The lowest BCUT2D eigenvalue weighted by molar-refractivity contribution is 0.0656. The van der Waals surface area contributed by atoms with E-state index in [9.17, 15) is 8.42 Å². The summed E-state index contributed by atoms with van der Waals surface area (Å²) in [5, 5.41) is 4.42. The Balaban J connectivity index is 2.30. The highest BCUT2D eigenvalue weighted by molar-refractivity contribution is 7.92. The Morgan fingerprint density at radius 3 is 2.44 bits per heavy atom. The molecule has 1 aromatic heterocycles. The first-order chi connectivity index (χ1) is 11.6. The normalized spacial score (nSPS) is 12.2. The molecular formula is C18H27N3O3S. The lowest BCUT2D eigenvalue weighted by Crippen LogP contribution is -2.15. The minimum atomic E-state index is -3.69. The average molecular weight is 365 g/mol. The summed E-state index contributed by atoms with van der Waals surface area (Å²) >= 11 is 0. The summed E-state index contributed by atoms with van der Waals surface area (Å²) in [5.41, 5.74) is 2.82. The molecule has 0 aliphatic rings. The van der Waals surface area contributed by atoms with Crippen LogP contribution >= 0.6 is 0 Å². The second-order valence-corrected chi connectivity index (χ2v) is 8.38. The van der Waals surface area contributed by atoms with Gasteiger partial charge in [0.25, 0.3) is 10.0 Å². The molecule has 25 heavy (non-hydrogen) atoms. The van der Waals surface area contributed by atoms with Crippen molar-refractivity contribution in [3.05, 3.63) is 41.2 Å². The fourth-order valence-electron chi connectivity index (χ4n) is 2.57. The van der Waals surface area contributed by atoms with E-state index in [1.54, 1.807) is 25.1 Å². The molecule has 0 unspecified atom stereocenters. The van der Waals surface area contributed by atoms with Gasteiger partial charge in [0, 0.05) is 6.04 Å². The van der Waals surface area contributed by atoms with Crippen LogP contribution in [0.3, 0.4) is 0 Å². The van der Waals surface area contributed by atoms with Crippen LogP contribution in [0.4, 0.5) is 5.69 Å². The summed E-state index contributed by atoms with van der Waals surface area (Å²) in [6, 6.07) is 6.97. The Morgan fingerprint density at radius 1 is 1.20 bits per heavy atom. The highest BCUT2D eigenvalue weighted by atomic mass is 32.2. The predicted octanol–water partition coefficient (Wildman–Crippen LogP) is 3.81. The first-order valence-corrected chi connectivity index (χ1v) is 9.89. The molecule has 1 heterocycles. The monoisotopic (exact) mass is 365 g/mol.